The number of hydrogen-bond acceptors (Lipinski definition) is 9. The van der Waals surface area contributed by atoms with Crippen LogP contribution in [0.25, 0.3) is 0 Å². The number of para-hydroxylation sites is 1. The zero-order valence-electron chi connectivity index (χ0n) is 17.0. The summed E-state index contributed by atoms with van der Waals surface area (Å²) in [5.74, 6) is 1.26. The molecule has 0 atom stereocenters. The van der Waals surface area contributed by atoms with Crippen molar-refractivity contribution in [1.82, 2.24) is 15.0 Å². The Kier molecular flexibility index (Phi) is 6.63. The fourth-order valence-electron chi connectivity index (χ4n) is 2.75. The summed E-state index contributed by atoms with van der Waals surface area (Å²) >= 11 is 0. The minimum atomic E-state index is -0.436. The van der Waals surface area contributed by atoms with Gasteiger partial charge in [-0.25, -0.2) is 0 Å². The molecule has 0 bridgehead atoms. The van der Waals surface area contributed by atoms with Crippen LogP contribution in [-0.4, -0.2) is 35.1 Å². The lowest BCUT2D eigenvalue weighted by Gasteiger charge is -2.10. The van der Waals surface area contributed by atoms with Gasteiger partial charge < -0.3 is 25.3 Å². The van der Waals surface area contributed by atoms with Gasteiger partial charge in [0, 0.05) is 5.69 Å². The van der Waals surface area contributed by atoms with Gasteiger partial charge in [0.15, 0.2) is 23.9 Å². The van der Waals surface area contributed by atoms with E-state index in [2.05, 4.69) is 20.3 Å². The van der Waals surface area contributed by atoms with Gasteiger partial charge >= 0.3 is 5.97 Å². The molecule has 1 aromatic heterocycles. The summed E-state index contributed by atoms with van der Waals surface area (Å²) in [6.45, 7) is 1.84. The second kappa shape index (κ2) is 9.55. The summed E-state index contributed by atoms with van der Waals surface area (Å²) in [6.07, 6.45) is 0.0647. The quantitative estimate of drug-likeness (QED) is 0.541. The van der Waals surface area contributed by atoms with Crippen molar-refractivity contribution in [2.45, 2.75) is 20.0 Å². The molecule has 0 amide bonds. The van der Waals surface area contributed by atoms with Crippen LogP contribution in [-0.2, 0) is 22.6 Å². The summed E-state index contributed by atoms with van der Waals surface area (Å²) in [5, 5.41) is 3.10. The highest BCUT2D eigenvalue weighted by Gasteiger charge is 2.12. The predicted octanol–water partition coefficient (Wildman–Crippen LogP) is 2.81. The van der Waals surface area contributed by atoms with Crippen LogP contribution in [0.4, 0.5) is 17.6 Å². The summed E-state index contributed by atoms with van der Waals surface area (Å²) in [5.41, 5.74) is 8.38. The van der Waals surface area contributed by atoms with E-state index in [1.165, 1.54) is 7.11 Å². The molecule has 0 saturated heterocycles. The van der Waals surface area contributed by atoms with E-state index in [9.17, 15) is 4.79 Å². The zero-order chi connectivity index (χ0) is 21.5. The highest BCUT2D eigenvalue weighted by molar-refractivity contribution is 5.73. The lowest BCUT2D eigenvalue weighted by molar-refractivity contribution is -0.144. The number of benzene rings is 2. The molecule has 3 N–H and O–H groups in total. The van der Waals surface area contributed by atoms with Crippen molar-refractivity contribution in [3.05, 3.63) is 59.4 Å². The van der Waals surface area contributed by atoms with Crippen LogP contribution in [0.15, 0.2) is 42.5 Å². The topological polar surface area (TPSA) is 121 Å². The summed E-state index contributed by atoms with van der Waals surface area (Å²) < 4.78 is 15.7. The molecule has 0 aliphatic carbocycles. The van der Waals surface area contributed by atoms with E-state index in [4.69, 9.17) is 19.9 Å². The van der Waals surface area contributed by atoms with Gasteiger partial charge in [0.2, 0.25) is 11.9 Å². The Balaban J connectivity index is 1.63. The third kappa shape index (κ3) is 5.34. The van der Waals surface area contributed by atoms with Gasteiger partial charge in [-0.15, -0.1) is 0 Å². The molecule has 0 radical (unpaired) electrons. The fourth-order valence-corrected chi connectivity index (χ4v) is 2.75. The molecule has 9 heteroatoms. The zero-order valence-corrected chi connectivity index (χ0v) is 17.0. The summed E-state index contributed by atoms with van der Waals surface area (Å²) in [7, 11) is 3.09. The van der Waals surface area contributed by atoms with Gasteiger partial charge in [0.25, 0.3) is 0 Å². The van der Waals surface area contributed by atoms with E-state index < -0.39 is 5.97 Å². The van der Waals surface area contributed by atoms with Gasteiger partial charge in [-0.3, -0.25) is 4.79 Å². The van der Waals surface area contributed by atoms with E-state index in [1.807, 2.05) is 31.2 Å². The third-order valence-electron chi connectivity index (χ3n) is 4.25. The molecule has 9 nitrogen and oxygen atoms in total. The van der Waals surface area contributed by atoms with E-state index in [0.29, 0.717) is 11.5 Å². The van der Waals surface area contributed by atoms with E-state index in [-0.39, 0.29) is 30.7 Å². The van der Waals surface area contributed by atoms with Crippen LogP contribution < -0.4 is 20.5 Å². The van der Waals surface area contributed by atoms with Crippen LogP contribution in [0.2, 0.25) is 0 Å². The predicted molar refractivity (Wildman–Crippen MR) is 112 cm³/mol. The smallest absolute Gasteiger partial charge is 0.310 e. The van der Waals surface area contributed by atoms with E-state index >= 15 is 0 Å². The number of nitrogen functional groups attached to an aromatic ring is 1. The van der Waals surface area contributed by atoms with Gasteiger partial charge in [-0.05, 0) is 36.2 Å². The number of hydrogen-bond donors (Lipinski definition) is 2. The number of carbonyl (C=O) groups is 1. The van der Waals surface area contributed by atoms with Crippen LogP contribution in [0.1, 0.15) is 17.0 Å². The van der Waals surface area contributed by atoms with Gasteiger partial charge in [0.05, 0.1) is 20.6 Å². The van der Waals surface area contributed by atoms with Crippen molar-refractivity contribution in [3.63, 3.8) is 0 Å². The number of methoxy groups -OCH3 is 2. The Morgan fingerprint density at radius 3 is 2.53 bits per heavy atom. The maximum atomic E-state index is 12.2. The first-order chi connectivity index (χ1) is 14.5. The normalized spacial score (nSPS) is 10.4. The second-order valence-electron chi connectivity index (χ2n) is 6.40. The average molecular weight is 409 g/mol. The van der Waals surface area contributed by atoms with Gasteiger partial charge in [-0.2, -0.15) is 15.0 Å². The molecule has 3 aromatic rings. The standard InChI is InChI=1S/C21H23N5O4/c1-13-6-4-5-7-15(13)23-21-25-18(24-20(22)26-21)12-30-19(27)11-14-8-9-16(28-2)17(10-14)29-3/h4-10H,11-12H2,1-3H3,(H3,22,23,24,25,26). The molecule has 0 spiro atoms. The number of anilines is 3. The maximum absolute atomic E-state index is 12.2. The van der Waals surface area contributed by atoms with E-state index in [1.54, 1.807) is 25.3 Å². The Morgan fingerprint density at radius 1 is 1.03 bits per heavy atom. The molecule has 156 valence electrons. The van der Waals surface area contributed by atoms with Crippen molar-refractivity contribution < 1.29 is 19.0 Å². The monoisotopic (exact) mass is 409 g/mol. The number of nitrogens with two attached hydrogens (primary N) is 1. The van der Waals surface area contributed by atoms with Crippen molar-refractivity contribution >= 4 is 23.6 Å². The number of nitrogens with one attached hydrogen (secondary N) is 1. The maximum Gasteiger partial charge on any atom is 0.310 e. The Labute approximate surface area is 174 Å². The molecule has 0 aliphatic heterocycles. The second-order valence-corrected chi connectivity index (χ2v) is 6.40. The summed E-state index contributed by atoms with van der Waals surface area (Å²) in [6, 6.07) is 12.9. The molecule has 30 heavy (non-hydrogen) atoms. The minimum absolute atomic E-state index is 0.0343. The largest absolute Gasteiger partial charge is 0.493 e. The first-order valence-electron chi connectivity index (χ1n) is 9.18. The highest BCUT2D eigenvalue weighted by atomic mass is 16.5. The molecular weight excluding hydrogens is 386 g/mol. The Morgan fingerprint density at radius 2 is 1.80 bits per heavy atom. The lowest BCUT2D eigenvalue weighted by atomic mass is 10.1. The average Bonchev–Trinajstić information content (AvgIpc) is 2.73. The minimum Gasteiger partial charge on any atom is -0.493 e. The van der Waals surface area contributed by atoms with Crippen LogP contribution in [0.3, 0.4) is 0 Å². The summed E-state index contributed by atoms with van der Waals surface area (Å²) in [4.78, 5) is 24.6. The molecular formula is C21H23N5O4. The molecule has 0 unspecified atom stereocenters. The van der Waals surface area contributed by atoms with Gasteiger partial charge in [0.1, 0.15) is 0 Å². The number of nitrogens with zero attached hydrogens (tertiary/aromatic N) is 3. The number of aromatic nitrogens is 3. The SMILES string of the molecule is COc1ccc(CC(=O)OCc2nc(N)nc(Nc3ccccc3C)n2)cc1OC. The van der Waals surface area contributed by atoms with Crippen LogP contribution >= 0.6 is 0 Å². The number of carbonyl (C=O) groups excluding carboxylic acids is 1. The molecule has 0 saturated carbocycles. The molecule has 1 heterocycles. The first-order valence-corrected chi connectivity index (χ1v) is 9.18. The van der Waals surface area contributed by atoms with Crippen molar-refractivity contribution in [2.24, 2.45) is 0 Å². The lowest BCUT2D eigenvalue weighted by Crippen LogP contribution is -2.12. The molecule has 0 aliphatic rings. The molecule has 2 aromatic carbocycles. The first kappa shape index (κ1) is 20.8. The highest BCUT2D eigenvalue weighted by Crippen LogP contribution is 2.27. The van der Waals surface area contributed by atoms with E-state index in [0.717, 1.165) is 16.8 Å². The van der Waals surface area contributed by atoms with Crippen molar-refractivity contribution in [3.8, 4) is 11.5 Å². The van der Waals surface area contributed by atoms with Crippen molar-refractivity contribution in [2.75, 3.05) is 25.3 Å². The van der Waals surface area contributed by atoms with Crippen LogP contribution in [0.5, 0.6) is 11.5 Å². The number of aryl methyl sites for hydroxylation is 1. The third-order valence-corrected chi connectivity index (χ3v) is 4.25. The molecule has 0 fully saturated rings. The molecule has 3 rings (SSSR count). The van der Waals surface area contributed by atoms with Crippen molar-refractivity contribution in [1.29, 1.82) is 0 Å². The van der Waals surface area contributed by atoms with Gasteiger partial charge in [-0.1, -0.05) is 24.3 Å². The van der Waals surface area contributed by atoms with Crippen LogP contribution in [0, 0.1) is 6.92 Å². The number of esters is 1. The Bertz CT molecular complexity index is 1040. The number of ether oxygens (including phenoxy) is 3. The Hall–Kier alpha value is -3.88. The number of rotatable bonds is 8. The fraction of sp³-hybridized carbons (Fsp3) is 0.238.